The van der Waals surface area contributed by atoms with Crippen LogP contribution in [0.25, 0.3) is 0 Å². The van der Waals surface area contributed by atoms with Gasteiger partial charge < -0.3 is 15.4 Å². The first kappa shape index (κ1) is 10.8. The monoisotopic (exact) mass is 201 g/mol. The van der Waals surface area contributed by atoms with Crippen molar-refractivity contribution in [3.05, 3.63) is 22.1 Å². The molecule has 80 valence electrons. The second-order valence-electron chi connectivity index (χ2n) is 3.19. The van der Waals surface area contributed by atoms with Crippen molar-refractivity contribution in [2.24, 2.45) is 5.92 Å². The SMILES string of the molecule is CNC(=C[N+](=O)[O-])NCC1CCOC1. The van der Waals surface area contributed by atoms with Crippen LogP contribution in [0.5, 0.6) is 0 Å². The van der Waals surface area contributed by atoms with Crippen LogP contribution in [0.3, 0.4) is 0 Å². The first-order chi connectivity index (χ1) is 6.72. The summed E-state index contributed by atoms with van der Waals surface area (Å²) >= 11 is 0. The molecule has 0 aromatic rings. The minimum absolute atomic E-state index is 0.432. The molecule has 0 bridgehead atoms. The maximum atomic E-state index is 10.2. The fourth-order valence-corrected chi connectivity index (χ4v) is 1.30. The van der Waals surface area contributed by atoms with Crippen molar-refractivity contribution < 1.29 is 9.66 Å². The lowest BCUT2D eigenvalue weighted by molar-refractivity contribution is -0.404. The van der Waals surface area contributed by atoms with E-state index < -0.39 is 4.92 Å². The lowest BCUT2D eigenvalue weighted by Crippen LogP contribution is -2.29. The van der Waals surface area contributed by atoms with Gasteiger partial charge in [-0.2, -0.15) is 0 Å². The highest BCUT2D eigenvalue weighted by molar-refractivity contribution is 4.91. The van der Waals surface area contributed by atoms with Crippen LogP contribution >= 0.6 is 0 Å². The van der Waals surface area contributed by atoms with E-state index in [9.17, 15) is 10.1 Å². The van der Waals surface area contributed by atoms with Crippen LogP contribution in [0.2, 0.25) is 0 Å². The van der Waals surface area contributed by atoms with Crippen molar-refractivity contribution in [3.63, 3.8) is 0 Å². The molecule has 1 saturated heterocycles. The lowest BCUT2D eigenvalue weighted by Gasteiger charge is -2.11. The van der Waals surface area contributed by atoms with Gasteiger partial charge in [-0.05, 0) is 6.42 Å². The molecule has 0 saturated carbocycles. The highest BCUT2D eigenvalue weighted by Gasteiger charge is 2.15. The number of nitrogens with one attached hydrogen (secondary N) is 2. The molecule has 1 aliphatic rings. The molecule has 0 aromatic carbocycles. The summed E-state index contributed by atoms with van der Waals surface area (Å²) in [6.45, 7) is 2.24. The fraction of sp³-hybridized carbons (Fsp3) is 0.750. The molecule has 1 unspecified atom stereocenters. The average molecular weight is 201 g/mol. The zero-order valence-electron chi connectivity index (χ0n) is 8.16. The Kier molecular flexibility index (Phi) is 4.18. The van der Waals surface area contributed by atoms with Crippen LogP contribution < -0.4 is 10.6 Å². The summed E-state index contributed by atoms with van der Waals surface area (Å²) in [5.41, 5.74) is 0. The Hall–Kier alpha value is -1.30. The molecule has 0 aromatic heterocycles. The number of hydrogen-bond acceptors (Lipinski definition) is 5. The van der Waals surface area contributed by atoms with Crippen molar-refractivity contribution in [1.82, 2.24) is 10.6 Å². The van der Waals surface area contributed by atoms with E-state index in [2.05, 4.69) is 10.6 Å². The van der Waals surface area contributed by atoms with E-state index in [1.54, 1.807) is 7.05 Å². The van der Waals surface area contributed by atoms with Gasteiger partial charge in [0.1, 0.15) is 0 Å². The number of nitro groups is 1. The maximum Gasteiger partial charge on any atom is 0.274 e. The van der Waals surface area contributed by atoms with Gasteiger partial charge in [-0.3, -0.25) is 10.1 Å². The zero-order chi connectivity index (χ0) is 10.4. The van der Waals surface area contributed by atoms with Gasteiger partial charge in [-0.25, -0.2) is 0 Å². The van der Waals surface area contributed by atoms with E-state index in [0.29, 0.717) is 18.3 Å². The van der Waals surface area contributed by atoms with Crippen molar-refractivity contribution in [1.29, 1.82) is 0 Å². The molecule has 0 spiro atoms. The molecule has 0 aliphatic carbocycles. The molecule has 1 aliphatic heterocycles. The van der Waals surface area contributed by atoms with Crippen LogP contribution in [-0.4, -0.2) is 31.7 Å². The summed E-state index contributed by atoms with van der Waals surface area (Å²) in [7, 11) is 1.65. The summed E-state index contributed by atoms with van der Waals surface area (Å²) in [5.74, 6) is 0.889. The normalized spacial score (nSPS) is 22.1. The van der Waals surface area contributed by atoms with Crippen molar-refractivity contribution >= 4 is 0 Å². The van der Waals surface area contributed by atoms with Crippen LogP contribution in [-0.2, 0) is 4.74 Å². The standard InChI is InChI=1S/C8H15N3O3/c1-9-8(5-11(12)13)10-4-7-2-3-14-6-7/h5,7,9-10H,2-4,6H2,1H3. The average Bonchev–Trinajstić information content (AvgIpc) is 2.64. The number of rotatable bonds is 5. The smallest absolute Gasteiger partial charge is 0.274 e. The summed E-state index contributed by atoms with van der Waals surface area (Å²) < 4.78 is 5.19. The number of ether oxygens (including phenoxy) is 1. The predicted octanol–water partition coefficient (Wildman–Crippen LogP) is -0.0925. The van der Waals surface area contributed by atoms with Gasteiger partial charge >= 0.3 is 0 Å². The molecule has 2 N–H and O–H groups in total. The molecule has 6 heteroatoms. The largest absolute Gasteiger partial charge is 0.381 e. The molecule has 1 atom stereocenters. The molecule has 14 heavy (non-hydrogen) atoms. The topological polar surface area (TPSA) is 76.4 Å². The molecule has 0 amide bonds. The molecule has 1 heterocycles. The van der Waals surface area contributed by atoms with E-state index in [1.807, 2.05) is 0 Å². The van der Waals surface area contributed by atoms with E-state index in [1.165, 1.54) is 0 Å². The Bertz CT molecular complexity index is 224. The molecule has 6 nitrogen and oxygen atoms in total. The Morgan fingerprint density at radius 2 is 2.57 bits per heavy atom. The fourth-order valence-electron chi connectivity index (χ4n) is 1.30. The molecule has 0 radical (unpaired) electrons. The number of nitrogens with zero attached hydrogens (tertiary/aromatic N) is 1. The summed E-state index contributed by atoms with van der Waals surface area (Å²) in [4.78, 5) is 9.71. The second kappa shape index (κ2) is 5.43. The summed E-state index contributed by atoms with van der Waals surface area (Å²) in [5, 5.41) is 15.9. The molecule has 1 fully saturated rings. The van der Waals surface area contributed by atoms with Crippen molar-refractivity contribution in [2.45, 2.75) is 6.42 Å². The molecule has 1 rings (SSSR count). The van der Waals surface area contributed by atoms with E-state index in [0.717, 1.165) is 25.8 Å². The Morgan fingerprint density at radius 1 is 1.79 bits per heavy atom. The van der Waals surface area contributed by atoms with E-state index in [4.69, 9.17) is 4.74 Å². The number of hydrogen-bond donors (Lipinski definition) is 2. The highest BCUT2D eigenvalue weighted by Crippen LogP contribution is 2.10. The van der Waals surface area contributed by atoms with Gasteiger partial charge in [0, 0.05) is 26.1 Å². The minimum Gasteiger partial charge on any atom is -0.381 e. The van der Waals surface area contributed by atoms with Gasteiger partial charge in [0.2, 0.25) is 0 Å². The van der Waals surface area contributed by atoms with Crippen LogP contribution in [0.4, 0.5) is 0 Å². The quantitative estimate of drug-likeness (QED) is 0.480. The molecular weight excluding hydrogens is 186 g/mol. The Labute approximate surface area is 82.5 Å². The third kappa shape index (κ3) is 3.61. The minimum atomic E-state index is -0.482. The zero-order valence-corrected chi connectivity index (χ0v) is 8.16. The Balaban J connectivity index is 2.29. The second-order valence-corrected chi connectivity index (χ2v) is 3.19. The van der Waals surface area contributed by atoms with Gasteiger partial charge in [0.15, 0.2) is 5.82 Å². The van der Waals surface area contributed by atoms with Crippen molar-refractivity contribution in [2.75, 3.05) is 26.8 Å². The lowest BCUT2D eigenvalue weighted by atomic mass is 10.1. The van der Waals surface area contributed by atoms with E-state index in [-0.39, 0.29) is 0 Å². The first-order valence-corrected chi connectivity index (χ1v) is 4.57. The summed E-state index contributed by atoms with van der Waals surface area (Å²) in [6, 6.07) is 0. The molecular formula is C8H15N3O3. The van der Waals surface area contributed by atoms with Gasteiger partial charge in [0.05, 0.1) is 11.5 Å². The maximum absolute atomic E-state index is 10.2. The Morgan fingerprint density at radius 3 is 3.07 bits per heavy atom. The predicted molar refractivity (Wildman–Crippen MR) is 51.1 cm³/mol. The highest BCUT2D eigenvalue weighted by atomic mass is 16.6. The van der Waals surface area contributed by atoms with Crippen LogP contribution in [0.1, 0.15) is 6.42 Å². The van der Waals surface area contributed by atoms with Gasteiger partial charge in [0.25, 0.3) is 6.20 Å². The van der Waals surface area contributed by atoms with Crippen LogP contribution in [0, 0.1) is 16.0 Å². The van der Waals surface area contributed by atoms with Crippen molar-refractivity contribution in [3.8, 4) is 0 Å². The first-order valence-electron chi connectivity index (χ1n) is 4.57. The van der Waals surface area contributed by atoms with Gasteiger partial charge in [-0.1, -0.05) is 0 Å². The third-order valence-electron chi connectivity index (χ3n) is 2.11. The van der Waals surface area contributed by atoms with Crippen LogP contribution in [0.15, 0.2) is 12.0 Å². The summed E-state index contributed by atoms with van der Waals surface area (Å²) in [6.07, 6.45) is 1.94. The van der Waals surface area contributed by atoms with Gasteiger partial charge in [-0.15, -0.1) is 0 Å². The third-order valence-corrected chi connectivity index (χ3v) is 2.11. The van der Waals surface area contributed by atoms with E-state index >= 15 is 0 Å².